The van der Waals surface area contributed by atoms with Crippen molar-refractivity contribution in [2.45, 2.75) is 44.7 Å². The van der Waals surface area contributed by atoms with Crippen LogP contribution in [0.25, 0.3) is 22.3 Å². The lowest BCUT2D eigenvalue weighted by Gasteiger charge is -2.29. The third-order valence-electron chi connectivity index (χ3n) is 6.20. The van der Waals surface area contributed by atoms with E-state index in [1.165, 1.54) is 6.07 Å². The average molecular weight is 452 g/mol. The topological polar surface area (TPSA) is 18.5 Å². The highest BCUT2D eigenvalue weighted by atomic mass is 19.2. The lowest BCUT2D eigenvalue weighted by Crippen LogP contribution is -2.30. The van der Waals surface area contributed by atoms with Gasteiger partial charge in [0, 0.05) is 17.0 Å². The summed E-state index contributed by atoms with van der Waals surface area (Å²) in [5.74, 6) is -2.12. The molecule has 0 aromatic heterocycles. The van der Waals surface area contributed by atoms with E-state index in [-0.39, 0.29) is 29.4 Å². The normalized spacial score (nSPS) is 19.4. The molecule has 0 radical (unpaired) electrons. The monoisotopic (exact) mass is 452 g/mol. The standard InChI is InChI=1S/C27H28BF3O2/c1-3-4-25-32-14-20(15-33-25)19-9-10-22(24(29)13-19)17-5-7-18(8-6-17)23-12-11-21(16(2)28)26(30)27(23)31/h5-13,16,20,25H,3-4,14-15,28H2,1-2H3. The molecular weight excluding hydrogens is 424 g/mol. The molecule has 1 saturated heterocycles. The van der Waals surface area contributed by atoms with Crippen LogP contribution < -0.4 is 0 Å². The zero-order chi connectivity index (χ0) is 23.5. The van der Waals surface area contributed by atoms with Gasteiger partial charge in [0.05, 0.1) is 13.2 Å². The number of hydrogen-bond donors (Lipinski definition) is 0. The maximum absolute atomic E-state index is 15.0. The van der Waals surface area contributed by atoms with Crippen LogP contribution in [-0.4, -0.2) is 27.4 Å². The van der Waals surface area contributed by atoms with Gasteiger partial charge in [0.25, 0.3) is 0 Å². The molecule has 0 aliphatic carbocycles. The van der Waals surface area contributed by atoms with Crippen molar-refractivity contribution < 1.29 is 22.6 Å². The first kappa shape index (κ1) is 23.6. The van der Waals surface area contributed by atoms with Crippen molar-refractivity contribution in [3.05, 3.63) is 83.2 Å². The zero-order valence-electron chi connectivity index (χ0n) is 19.2. The van der Waals surface area contributed by atoms with Crippen LogP contribution in [-0.2, 0) is 9.47 Å². The van der Waals surface area contributed by atoms with Gasteiger partial charge in [-0.15, -0.1) is 0 Å². The minimum absolute atomic E-state index is 0.00397. The molecule has 1 heterocycles. The van der Waals surface area contributed by atoms with Gasteiger partial charge in [-0.2, -0.15) is 0 Å². The molecule has 0 saturated carbocycles. The molecule has 1 unspecified atom stereocenters. The maximum Gasteiger partial charge on any atom is 0.166 e. The molecule has 0 bridgehead atoms. The summed E-state index contributed by atoms with van der Waals surface area (Å²) in [5.41, 5.74) is 3.05. The van der Waals surface area contributed by atoms with Crippen LogP contribution in [0.5, 0.6) is 0 Å². The Morgan fingerprint density at radius 1 is 0.879 bits per heavy atom. The summed E-state index contributed by atoms with van der Waals surface area (Å²) in [6, 6.07) is 15.2. The molecule has 0 N–H and O–H groups in total. The first-order valence-electron chi connectivity index (χ1n) is 11.5. The molecule has 3 aromatic carbocycles. The molecule has 33 heavy (non-hydrogen) atoms. The highest BCUT2D eigenvalue weighted by Gasteiger charge is 2.24. The van der Waals surface area contributed by atoms with E-state index in [2.05, 4.69) is 6.92 Å². The lowest BCUT2D eigenvalue weighted by molar-refractivity contribution is -0.189. The molecular formula is C27H28BF3O2. The van der Waals surface area contributed by atoms with Gasteiger partial charge >= 0.3 is 0 Å². The van der Waals surface area contributed by atoms with Crippen LogP contribution in [0, 0.1) is 17.5 Å². The van der Waals surface area contributed by atoms with Crippen LogP contribution in [0.3, 0.4) is 0 Å². The zero-order valence-corrected chi connectivity index (χ0v) is 19.2. The fourth-order valence-corrected chi connectivity index (χ4v) is 4.22. The number of rotatable bonds is 6. The first-order valence-corrected chi connectivity index (χ1v) is 11.5. The van der Waals surface area contributed by atoms with Crippen molar-refractivity contribution in [1.29, 1.82) is 0 Å². The Hall–Kier alpha value is -2.57. The van der Waals surface area contributed by atoms with E-state index in [0.29, 0.717) is 35.5 Å². The van der Waals surface area contributed by atoms with Crippen LogP contribution in [0.15, 0.2) is 54.6 Å². The van der Waals surface area contributed by atoms with Crippen molar-refractivity contribution in [2.24, 2.45) is 0 Å². The molecule has 4 rings (SSSR count). The Balaban J connectivity index is 1.52. The average Bonchev–Trinajstić information content (AvgIpc) is 2.81. The van der Waals surface area contributed by atoms with E-state index in [1.54, 1.807) is 42.5 Å². The van der Waals surface area contributed by atoms with E-state index in [0.717, 1.165) is 18.4 Å². The Morgan fingerprint density at radius 2 is 1.48 bits per heavy atom. The minimum Gasteiger partial charge on any atom is -0.352 e. The Labute approximate surface area is 194 Å². The minimum atomic E-state index is -0.859. The maximum atomic E-state index is 15.0. The summed E-state index contributed by atoms with van der Waals surface area (Å²) in [4.78, 5) is 0. The largest absolute Gasteiger partial charge is 0.352 e. The fraction of sp³-hybridized carbons (Fsp3) is 0.333. The summed E-state index contributed by atoms with van der Waals surface area (Å²) >= 11 is 0. The molecule has 1 aliphatic rings. The molecule has 0 amide bonds. The van der Waals surface area contributed by atoms with E-state index in [9.17, 15) is 13.2 Å². The van der Waals surface area contributed by atoms with Gasteiger partial charge < -0.3 is 9.47 Å². The van der Waals surface area contributed by atoms with Crippen LogP contribution in [0.1, 0.15) is 49.6 Å². The van der Waals surface area contributed by atoms with Crippen LogP contribution >= 0.6 is 0 Å². The van der Waals surface area contributed by atoms with Gasteiger partial charge in [0.2, 0.25) is 0 Å². The van der Waals surface area contributed by atoms with Gasteiger partial charge in [-0.25, -0.2) is 13.2 Å². The second kappa shape index (κ2) is 10.1. The molecule has 0 spiro atoms. The first-order chi connectivity index (χ1) is 15.9. The predicted molar refractivity (Wildman–Crippen MR) is 127 cm³/mol. The van der Waals surface area contributed by atoms with Gasteiger partial charge in [-0.3, -0.25) is 0 Å². The number of hydrogen-bond acceptors (Lipinski definition) is 2. The van der Waals surface area contributed by atoms with Gasteiger partial charge in [0.15, 0.2) is 17.9 Å². The van der Waals surface area contributed by atoms with Crippen LogP contribution in [0.4, 0.5) is 13.2 Å². The number of halogens is 3. The molecule has 1 atom stereocenters. The van der Waals surface area contributed by atoms with E-state index >= 15 is 0 Å². The highest BCUT2D eigenvalue weighted by molar-refractivity contribution is 6.12. The number of benzene rings is 3. The van der Waals surface area contributed by atoms with Crippen molar-refractivity contribution in [3.8, 4) is 22.3 Å². The summed E-state index contributed by atoms with van der Waals surface area (Å²) in [6.07, 6.45) is 1.67. The molecule has 6 heteroatoms. The Bertz CT molecular complexity index is 1110. The summed E-state index contributed by atoms with van der Waals surface area (Å²) in [7, 11) is 1.82. The molecule has 3 aromatic rings. The Morgan fingerprint density at radius 3 is 2.06 bits per heavy atom. The van der Waals surface area contributed by atoms with Crippen LogP contribution in [0.2, 0.25) is 0 Å². The second-order valence-electron chi connectivity index (χ2n) is 8.88. The third kappa shape index (κ3) is 5.02. The third-order valence-corrected chi connectivity index (χ3v) is 6.20. The summed E-state index contributed by atoms with van der Waals surface area (Å²) in [5, 5.41) is 0. The summed E-state index contributed by atoms with van der Waals surface area (Å²) < 4.78 is 55.5. The van der Waals surface area contributed by atoms with Crippen molar-refractivity contribution >= 4 is 7.85 Å². The molecule has 172 valence electrons. The highest BCUT2D eigenvalue weighted by Crippen LogP contribution is 2.32. The van der Waals surface area contributed by atoms with Gasteiger partial charge in [-0.1, -0.05) is 68.8 Å². The van der Waals surface area contributed by atoms with Crippen molar-refractivity contribution in [3.63, 3.8) is 0 Å². The second-order valence-corrected chi connectivity index (χ2v) is 8.88. The van der Waals surface area contributed by atoms with Crippen molar-refractivity contribution in [1.82, 2.24) is 0 Å². The quantitative estimate of drug-likeness (QED) is 0.404. The SMILES string of the molecule is BC(C)c1ccc(-c2ccc(-c3ccc(C4COC(CCC)OC4)cc3F)cc2)c(F)c1F. The van der Waals surface area contributed by atoms with Gasteiger partial charge in [0.1, 0.15) is 13.7 Å². The molecule has 2 nitrogen and oxygen atoms in total. The lowest BCUT2D eigenvalue weighted by atomic mass is 9.82. The smallest absolute Gasteiger partial charge is 0.166 e. The van der Waals surface area contributed by atoms with E-state index in [4.69, 9.17) is 9.47 Å². The number of ether oxygens (including phenoxy) is 2. The van der Waals surface area contributed by atoms with Crippen molar-refractivity contribution in [2.75, 3.05) is 13.2 Å². The molecule has 1 fully saturated rings. The molecule has 1 aliphatic heterocycles. The predicted octanol–water partition coefficient (Wildman–Crippen LogP) is 6.39. The Kier molecular flexibility index (Phi) is 7.25. The summed E-state index contributed by atoms with van der Waals surface area (Å²) in [6.45, 7) is 4.92. The van der Waals surface area contributed by atoms with E-state index < -0.39 is 11.6 Å². The fourth-order valence-electron chi connectivity index (χ4n) is 4.22. The van der Waals surface area contributed by atoms with E-state index in [1.807, 2.05) is 20.8 Å². The van der Waals surface area contributed by atoms with Gasteiger partial charge in [-0.05, 0) is 40.6 Å².